The molecule has 0 radical (unpaired) electrons. The van der Waals surface area contributed by atoms with Crippen molar-refractivity contribution < 1.29 is 9.53 Å². The lowest BCUT2D eigenvalue weighted by Crippen LogP contribution is -2.44. The largest absolute Gasteiger partial charge is 0.496 e. The van der Waals surface area contributed by atoms with Crippen molar-refractivity contribution in [3.05, 3.63) is 47.3 Å². The quantitative estimate of drug-likeness (QED) is 0.907. The number of benzene rings is 1. The van der Waals surface area contributed by atoms with Gasteiger partial charge in [-0.25, -0.2) is 0 Å². The van der Waals surface area contributed by atoms with Crippen LogP contribution in [0.5, 0.6) is 5.75 Å². The van der Waals surface area contributed by atoms with Crippen LogP contribution >= 0.6 is 0 Å². The van der Waals surface area contributed by atoms with Crippen LogP contribution in [0.2, 0.25) is 0 Å². The van der Waals surface area contributed by atoms with E-state index in [4.69, 9.17) is 4.74 Å². The van der Waals surface area contributed by atoms with Gasteiger partial charge in [0.2, 0.25) is 0 Å². The molecule has 2 fully saturated rings. The first-order valence-electron chi connectivity index (χ1n) is 9.13. The fourth-order valence-corrected chi connectivity index (χ4v) is 4.04. The molecule has 1 aromatic heterocycles. The monoisotopic (exact) mass is 339 g/mol. The highest BCUT2D eigenvalue weighted by Crippen LogP contribution is 2.43. The highest BCUT2D eigenvalue weighted by atomic mass is 16.5. The van der Waals surface area contributed by atoms with Crippen LogP contribution in [0.25, 0.3) is 0 Å². The summed E-state index contributed by atoms with van der Waals surface area (Å²) in [5.41, 5.74) is 2.41. The van der Waals surface area contributed by atoms with Gasteiger partial charge < -0.3 is 10.1 Å². The SMILES string of the molecule is COc1ccccc1C1(NC(=O)c2cc(C3CC3)nn2C)CCCC1. The zero-order valence-corrected chi connectivity index (χ0v) is 14.9. The number of carbonyl (C=O) groups is 1. The van der Waals surface area contributed by atoms with Crippen molar-refractivity contribution in [1.29, 1.82) is 0 Å². The molecule has 0 spiro atoms. The fourth-order valence-electron chi connectivity index (χ4n) is 4.04. The molecule has 5 nitrogen and oxygen atoms in total. The van der Waals surface area contributed by atoms with Gasteiger partial charge in [0.1, 0.15) is 11.4 Å². The molecule has 2 aromatic rings. The van der Waals surface area contributed by atoms with Crippen LogP contribution < -0.4 is 10.1 Å². The predicted molar refractivity (Wildman–Crippen MR) is 95.8 cm³/mol. The minimum absolute atomic E-state index is 0.0466. The molecule has 1 heterocycles. The summed E-state index contributed by atoms with van der Waals surface area (Å²) in [6, 6.07) is 9.98. The lowest BCUT2D eigenvalue weighted by molar-refractivity contribution is 0.0887. The number of hydrogen-bond acceptors (Lipinski definition) is 3. The Bertz CT molecular complexity index is 786. The lowest BCUT2D eigenvalue weighted by Gasteiger charge is -2.32. The van der Waals surface area contributed by atoms with Crippen molar-refractivity contribution in [1.82, 2.24) is 15.1 Å². The fraction of sp³-hybridized carbons (Fsp3) is 0.500. The van der Waals surface area contributed by atoms with Crippen LogP contribution in [0.3, 0.4) is 0 Å². The number of aryl methyl sites for hydroxylation is 1. The maximum Gasteiger partial charge on any atom is 0.270 e. The Morgan fingerprint density at radius 1 is 1.28 bits per heavy atom. The first-order valence-corrected chi connectivity index (χ1v) is 9.13. The van der Waals surface area contributed by atoms with Gasteiger partial charge in [0.15, 0.2) is 0 Å². The molecule has 25 heavy (non-hydrogen) atoms. The standard InChI is InChI=1S/C20H25N3O2/c1-23-17(13-16(22-23)14-9-10-14)19(24)21-20(11-5-6-12-20)15-7-3-4-8-18(15)25-2/h3-4,7-8,13-14H,5-6,9-12H2,1-2H3,(H,21,24). The average molecular weight is 339 g/mol. The van der Waals surface area contributed by atoms with Gasteiger partial charge in [-0.05, 0) is 37.8 Å². The number of carbonyl (C=O) groups excluding carboxylic acids is 1. The average Bonchev–Trinajstić information content (AvgIpc) is 3.25. The van der Waals surface area contributed by atoms with Crippen molar-refractivity contribution in [3.63, 3.8) is 0 Å². The number of rotatable bonds is 5. The van der Waals surface area contributed by atoms with Crippen LogP contribution in [0.4, 0.5) is 0 Å². The van der Waals surface area contributed by atoms with E-state index in [0.29, 0.717) is 11.6 Å². The predicted octanol–water partition coefficient (Wildman–Crippen LogP) is 3.51. The maximum atomic E-state index is 13.0. The van der Waals surface area contributed by atoms with Gasteiger partial charge in [0.05, 0.1) is 18.3 Å². The molecule has 132 valence electrons. The van der Waals surface area contributed by atoms with Crippen molar-refractivity contribution in [3.8, 4) is 5.75 Å². The van der Waals surface area contributed by atoms with Crippen LogP contribution in [0.15, 0.2) is 30.3 Å². The molecular formula is C20H25N3O2. The van der Waals surface area contributed by atoms with Gasteiger partial charge >= 0.3 is 0 Å². The minimum atomic E-state index is -0.353. The van der Waals surface area contributed by atoms with E-state index < -0.39 is 0 Å². The molecule has 5 heteroatoms. The third-order valence-corrected chi connectivity index (χ3v) is 5.56. The molecule has 1 N–H and O–H groups in total. The van der Waals surface area contributed by atoms with Gasteiger partial charge in [-0.15, -0.1) is 0 Å². The molecule has 0 atom stereocenters. The first kappa shape index (κ1) is 16.2. The second-order valence-electron chi connectivity index (χ2n) is 7.30. The van der Waals surface area contributed by atoms with E-state index in [2.05, 4.69) is 16.5 Å². The van der Waals surface area contributed by atoms with Crippen LogP contribution in [0, 0.1) is 0 Å². The van der Waals surface area contributed by atoms with Crippen molar-refractivity contribution >= 4 is 5.91 Å². The Hall–Kier alpha value is -2.30. The molecular weight excluding hydrogens is 314 g/mol. The van der Waals surface area contributed by atoms with Gasteiger partial charge in [0.25, 0.3) is 5.91 Å². The maximum absolute atomic E-state index is 13.0. The zero-order valence-electron chi connectivity index (χ0n) is 14.9. The van der Waals surface area contributed by atoms with E-state index in [9.17, 15) is 4.79 Å². The molecule has 2 aliphatic rings. The number of methoxy groups -OCH3 is 1. The van der Waals surface area contributed by atoms with Crippen LogP contribution in [0.1, 0.15) is 66.2 Å². The van der Waals surface area contributed by atoms with E-state index in [1.807, 2.05) is 31.3 Å². The zero-order chi connectivity index (χ0) is 17.4. The minimum Gasteiger partial charge on any atom is -0.496 e. The summed E-state index contributed by atoms with van der Waals surface area (Å²) < 4.78 is 7.28. The summed E-state index contributed by atoms with van der Waals surface area (Å²) in [6.45, 7) is 0. The van der Waals surface area contributed by atoms with Gasteiger partial charge in [-0.1, -0.05) is 31.0 Å². The smallest absolute Gasteiger partial charge is 0.270 e. The normalized spacial score (nSPS) is 19.0. The molecule has 1 aromatic carbocycles. The second kappa shape index (κ2) is 6.21. The summed E-state index contributed by atoms with van der Waals surface area (Å²) in [5.74, 6) is 1.34. The summed E-state index contributed by atoms with van der Waals surface area (Å²) in [5, 5.41) is 7.86. The lowest BCUT2D eigenvalue weighted by atomic mass is 9.87. The molecule has 0 unspecified atom stereocenters. The molecule has 2 saturated carbocycles. The molecule has 0 aliphatic heterocycles. The van der Waals surface area contributed by atoms with E-state index in [1.54, 1.807) is 11.8 Å². The first-order chi connectivity index (χ1) is 12.1. The topological polar surface area (TPSA) is 56.1 Å². The number of nitrogens with one attached hydrogen (secondary N) is 1. The van der Waals surface area contributed by atoms with Crippen molar-refractivity contribution in [2.24, 2.45) is 7.05 Å². The molecule has 2 aliphatic carbocycles. The van der Waals surface area contributed by atoms with Gasteiger partial charge in [-0.3, -0.25) is 9.48 Å². The summed E-state index contributed by atoms with van der Waals surface area (Å²) >= 11 is 0. The Labute approximate surface area is 148 Å². The van der Waals surface area contributed by atoms with E-state index in [0.717, 1.165) is 42.7 Å². The van der Waals surface area contributed by atoms with Gasteiger partial charge in [-0.2, -0.15) is 5.10 Å². The second-order valence-corrected chi connectivity index (χ2v) is 7.30. The molecule has 4 rings (SSSR count). The number of amides is 1. The van der Waals surface area contributed by atoms with E-state index in [-0.39, 0.29) is 11.4 Å². The highest BCUT2D eigenvalue weighted by Gasteiger charge is 2.40. The van der Waals surface area contributed by atoms with Crippen LogP contribution in [-0.4, -0.2) is 22.8 Å². The van der Waals surface area contributed by atoms with Gasteiger partial charge in [0, 0.05) is 18.5 Å². The van der Waals surface area contributed by atoms with Crippen molar-refractivity contribution in [2.75, 3.05) is 7.11 Å². The Kier molecular flexibility index (Phi) is 4.02. The van der Waals surface area contributed by atoms with E-state index >= 15 is 0 Å². The Morgan fingerprint density at radius 2 is 2.00 bits per heavy atom. The number of hydrogen-bond donors (Lipinski definition) is 1. The van der Waals surface area contributed by atoms with Crippen molar-refractivity contribution in [2.45, 2.75) is 50.0 Å². The number of aromatic nitrogens is 2. The summed E-state index contributed by atoms with van der Waals surface area (Å²) in [6.07, 6.45) is 6.46. The third kappa shape index (κ3) is 2.92. The molecule has 0 saturated heterocycles. The molecule has 1 amide bonds. The number of nitrogens with zero attached hydrogens (tertiary/aromatic N) is 2. The van der Waals surface area contributed by atoms with E-state index in [1.165, 1.54) is 12.8 Å². The summed E-state index contributed by atoms with van der Waals surface area (Å²) in [4.78, 5) is 13.0. The third-order valence-electron chi connectivity index (χ3n) is 5.56. The highest BCUT2D eigenvalue weighted by molar-refractivity contribution is 5.93. The molecule has 0 bridgehead atoms. The Balaban J connectivity index is 1.65. The number of para-hydroxylation sites is 1. The number of ether oxygens (including phenoxy) is 1. The Morgan fingerprint density at radius 3 is 2.68 bits per heavy atom. The van der Waals surface area contributed by atoms with Crippen LogP contribution in [-0.2, 0) is 12.6 Å². The summed E-state index contributed by atoms with van der Waals surface area (Å²) in [7, 11) is 3.54.